The fourth-order valence-corrected chi connectivity index (χ4v) is 3.86. The fourth-order valence-electron chi connectivity index (χ4n) is 3.12. The number of methoxy groups -OCH3 is 1. The van der Waals surface area contributed by atoms with E-state index >= 15 is 0 Å². The van der Waals surface area contributed by atoms with Gasteiger partial charge in [-0.2, -0.15) is 0 Å². The average Bonchev–Trinajstić information content (AvgIpc) is 3.26. The molecule has 0 spiro atoms. The van der Waals surface area contributed by atoms with E-state index in [1.807, 2.05) is 47.0 Å². The minimum Gasteiger partial charge on any atom is -0.497 e. The van der Waals surface area contributed by atoms with Crippen molar-refractivity contribution in [1.29, 1.82) is 0 Å². The summed E-state index contributed by atoms with van der Waals surface area (Å²) in [5.74, 6) is 0.421. The molecular weight excluding hydrogens is 438 g/mol. The SMILES string of the molecule is COc1ccc(C(=O)NC(=O)CSc2nnc(-c3cccnc3)n2Cc2ccccc2)cc1. The predicted octanol–water partition coefficient (Wildman–Crippen LogP) is 3.45. The first-order valence-electron chi connectivity index (χ1n) is 10.1. The molecule has 2 aromatic carbocycles. The molecule has 1 N–H and O–H groups in total. The Kier molecular flexibility index (Phi) is 7.11. The molecule has 0 radical (unpaired) electrons. The first kappa shape index (κ1) is 22.2. The summed E-state index contributed by atoms with van der Waals surface area (Å²) in [6.07, 6.45) is 3.42. The summed E-state index contributed by atoms with van der Waals surface area (Å²) in [6, 6.07) is 20.2. The number of pyridine rings is 1. The first-order chi connectivity index (χ1) is 16.1. The van der Waals surface area contributed by atoms with Crippen LogP contribution in [0.4, 0.5) is 0 Å². The van der Waals surface area contributed by atoms with Crippen LogP contribution in [0.25, 0.3) is 11.4 Å². The molecule has 0 bridgehead atoms. The van der Waals surface area contributed by atoms with Gasteiger partial charge in [-0.05, 0) is 42.0 Å². The van der Waals surface area contributed by atoms with Gasteiger partial charge in [-0.25, -0.2) is 0 Å². The van der Waals surface area contributed by atoms with E-state index in [1.165, 1.54) is 11.8 Å². The Morgan fingerprint density at radius 3 is 2.48 bits per heavy atom. The van der Waals surface area contributed by atoms with Gasteiger partial charge in [0.1, 0.15) is 5.75 Å². The second-order valence-electron chi connectivity index (χ2n) is 7.01. The molecule has 166 valence electrons. The highest BCUT2D eigenvalue weighted by atomic mass is 32.2. The first-order valence-corrected chi connectivity index (χ1v) is 11.1. The molecule has 0 fully saturated rings. The minimum atomic E-state index is -0.468. The maximum atomic E-state index is 12.4. The molecule has 4 rings (SSSR count). The largest absolute Gasteiger partial charge is 0.497 e. The summed E-state index contributed by atoms with van der Waals surface area (Å²) in [6.45, 7) is 0.535. The molecule has 2 aromatic heterocycles. The van der Waals surface area contributed by atoms with Gasteiger partial charge in [-0.3, -0.25) is 24.5 Å². The van der Waals surface area contributed by atoms with Crippen LogP contribution in [-0.2, 0) is 11.3 Å². The number of thioether (sulfide) groups is 1. The third-order valence-corrected chi connectivity index (χ3v) is 5.72. The number of carbonyl (C=O) groups is 2. The molecule has 9 heteroatoms. The van der Waals surface area contributed by atoms with E-state index in [4.69, 9.17) is 4.74 Å². The number of rotatable bonds is 8. The number of ether oxygens (including phenoxy) is 1. The van der Waals surface area contributed by atoms with Gasteiger partial charge in [0.25, 0.3) is 5.91 Å². The number of hydrogen-bond acceptors (Lipinski definition) is 7. The van der Waals surface area contributed by atoms with Crippen LogP contribution in [0, 0.1) is 0 Å². The Balaban J connectivity index is 1.47. The zero-order chi connectivity index (χ0) is 23.0. The second-order valence-corrected chi connectivity index (χ2v) is 7.96. The summed E-state index contributed by atoms with van der Waals surface area (Å²) in [4.78, 5) is 28.9. The van der Waals surface area contributed by atoms with Crippen LogP contribution in [0.2, 0.25) is 0 Å². The Labute approximate surface area is 195 Å². The van der Waals surface area contributed by atoms with Crippen molar-refractivity contribution in [2.75, 3.05) is 12.9 Å². The topological polar surface area (TPSA) is 99.0 Å². The van der Waals surface area contributed by atoms with E-state index in [-0.39, 0.29) is 5.75 Å². The van der Waals surface area contributed by atoms with Crippen LogP contribution in [0.1, 0.15) is 15.9 Å². The monoisotopic (exact) mass is 459 g/mol. The van der Waals surface area contributed by atoms with E-state index in [9.17, 15) is 9.59 Å². The molecule has 0 unspecified atom stereocenters. The maximum absolute atomic E-state index is 12.4. The predicted molar refractivity (Wildman–Crippen MR) is 125 cm³/mol. The van der Waals surface area contributed by atoms with Gasteiger partial charge in [0.05, 0.1) is 19.4 Å². The van der Waals surface area contributed by atoms with Gasteiger partial charge >= 0.3 is 0 Å². The highest BCUT2D eigenvalue weighted by Gasteiger charge is 2.17. The fraction of sp³-hybridized carbons (Fsp3) is 0.125. The van der Waals surface area contributed by atoms with Gasteiger partial charge in [-0.1, -0.05) is 42.1 Å². The Morgan fingerprint density at radius 1 is 1.00 bits per heavy atom. The van der Waals surface area contributed by atoms with Crippen LogP contribution in [0.3, 0.4) is 0 Å². The zero-order valence-electron chi connectivity index (χ0n) is 17.8. The molecule has 0 atom stereocenters. The standard InChI is InChI=1S/C24H21N5O3S/c1-32-20-11-9-18(10-12-20)23(31)26-21(30)16-33-24-28-27-22(19-8-5-13-25-14-19)29(24)15-17-6-3-2-4-7-17/h2-14H,15-16H2,1H3,(H,26,30,31). The zero-order valence-corrected chi connectivity index (χ0v) is 18.7. The summed E-state index contributed by atoms with van der Waals surface area (Å²) < 4.78 is 7.02. The Bertz CT molecular complexity index is 1230. The highest BCUT2D eigenvalue weighted by Crippen LogP contribution is 2.24. The van der Waals surface area contributed by atoms with Crippen molar-refractivity contribution in [2.24, 2.45) is 0 Å². The van der Waals surface area contributed by atoms with Gasteiger partial charge < -0.3 is 4.74 Å². The van der Waals surface area contributed by atoms with Crippen LogP contribution in [0.5, 0.6) is 5.75 Å². The molecule has 0 aliphatic carbocycles. The summed E-state index contributed by atoms with van der Waals surface area (Å²) >= 11 is 1.22. The number of carbonyl (C=O) groups excluding carboxylic acids is 2. The van der Waals surface area contributed by atoms with Gasteiger partial charge in [-0.15, -0.1) is 10.2 Å². The van der Waals surface area contributed by atoms with Crippen molar-refractivity contribution in [3.63, 3.8) is 0 Å². The van der Waals surface area contributed by atoms with Crippen LogP contribution in [0.15, 0.2) is 84.3 Å². The molecule has 0 saturated heterocycles. The maximum Gasteiger partial charge on any atom is 0.257 e. The number of nitrogens with one attached hydrogen (secondary N) is 1. The number of nitrogens with zero attached hydrogens (tertiary/aromatic N) is 4. The van der Waals surface area contributed by atoms with Crippen molar-refractivity contribution in [3.8, 4) is 17.1 Å². The number of imide groups is 1. The second kappa shape index (κ2) is 10.6. The van der Waals surface area contributed by atoms with Crippen molar-refractivity contribution in [1.82, 2.24) is 25.1 Å². The number of hydrogen-bond donors (Lipinski definition) is 1. The molecule has 2 heterocycles. The number of aromatic nitrogens is 4. The summed E-state index contributed by atoms with van der Waals surface area (Å²) in [5, 5.41) is 11.6. The molecule has 33 heavy (non-hydrogen) atoms. The van der Waals surface area contributed by atoms with E-state index in [0.717, 1.165) is 11.1 Å². The lowest BCUT2D eigenvalue weighted by atomic mass is 10.2. The lowest BCUT2D eigenvalue weighted by Crippen LogP contribution is -2.31. The summed E-state index contributed by atoms with van der Waals surface area (Å²) in [7, 11) is 1.55. The Morgan fingerprint density at radius 2 is 1.79 bits per heavy atom. The van der Waals surface area contributed by atoms with E-state index < -0.39 is 11.8 Å². The average molecular weight is 460 g/mol. The minimum absolute atomic E-state index is 0.0157. The van der Waals surface area contributed by atoms with Gasteiger partial charge in [0, 0.05) is 23.5 Å². The quantitative estimate of drug-likeness (QED) is 0.403. The molecule has 0 saturated carbocycles. The van der Waals surface area contributed by atoms with Crippen molar-refractivity contribution < 1.29 is 14.3 Å². The van der Waals surface area contributed by atoms with Gasteiger partial charge in [0.2, 0.25) is 5.91 Å². The van der Waals surface area contributed by atoms with E-state index in [2.05, 4.69) is 20.5 Å². The molecule has 8 nitrogen and oxygen atoms in total. The van der Waals surface area contributed by atoms with Crippen LogP contribution >= 0.6 is 11.8 Å². The normalized spacial score (nSPS) is 10.6. The molecule has 0 aliphatic heterocycles. The molecule has 2 amide bonds. The highest BCUT2D eigenvalue weighted by molar-refractivity contribution is 7.99. The lowest BCUT2D eigenvalue weighted by molar-refractivity contribution is -0.117. The molecule has 0 aliphatic rings. The van der Waals surface area contributed by atoms with Crippen molar-refractivity contribution in [2.45, 2.75) is 11.7 Å². The van der Waals surface area contributed by atoms with Crippen LogP contribution in [-0.4, -0.2) is 44.4 Å². The number of amides is 2. The van der Waals surface area contributed by atoms with Crippen molar-refractivity contribution in [3.05, 3.63) is 90.3 Å². The van der Waals surface area contributed by atoms with Crippen molar-refractivity contribution >= 4 is 23.6 Å². The van der Waals surface area contributed by atoms with E-state index in [0.29, 0.717) is 28.8 Å². The Hall–Kier alpha value is -3.98. The molecule has 4 aromatic rings. The number of benzene rings is 2. The smallest absolute Gasteiger partial charge is 0.257 e. The van der Waals surface area contributed by atoms with Gasteiger partial charge in [0.15, 0.2) is 11.0 Å². The third kappa shape index (κ3) is 5.64. The van der Waals surface area contributed by atoms with Crippen LogP contribution < -0.4 is 10.1 Å². The lowest BCUT2D eigenvalue weighted by Gasteiger charge is -2.10. The van der Waals surface area contributed by atoms with E-state index in [1.54, 1.807) is 43.8 Å². The summed E-state index contributed by atoms with van der Waals surface area (Å²) in [5.41, 5.74) is 2.27. The third-order valence-electron chi connectivity index (χ3n) is 4.76. The molecular formula is C24H21N5O3S.